The molecule has 0 aliphatic heterocycles. The summed E-state index contributed by atoms with van der Waals surface area (Å²) in [6.45, 7) is 1.74. The minimum atomic E-state index is -1.87. The third-order valence-electron chi connectivity index (χ3n) is 0.144. The van der Waals surface area contributed by atoms with Gasteiger partial charge < -0.3 is 4.57 Å². The van der Waals surface area contributed by atoms with Gasteiger partial charge in [-0.15, -0.1) is 0 Å². The minimum absolute atomic E-state index is 0.519. The van der Waals surface area contributed by atoms with E-state index in [2.05, 4.69) is 0 Å². The van der Waals surface area contributed by atoms with Gasteiger partial charge in [0.15, 0.2) is 0 Å². The summed E-state index contributed by atoms with van der Waals surface area (Å²) < 4.78 is 16.0. The largest absolute Gasteiger partial charge is 0.330 e. The average Bonchev–Trinajstić information content (AvgIpc) is 1.38. The highest BCUT2D eigenvalue weighted by molar-refractivity contribution is 7.23. The van der Waals surface area contributed by atoms with Crippen molar-refractivity contribution in [3.05, 3.63) is 0 Å². The Hall–Kier alpha value is 0.230. The molecule has 0 bridgehead atoms. The Labute approximate surface area is 28.5 Å². The van der Waals surface area contributed by atoms with Gasteiger partial charge in [-0.1, -0.05) is 6.92 Å². The molecule has 26 valence electrons. The van der Waals surface area contributed by atoms with E-state index >= 15 is 0 Å². The molecule has 0 amide bonds. The molecule has 0 N–H and O–H groups in total. The summed E-state index contributed by atoms with van der Waals surface area (Å²) in [5.74, 6) is 0. The van der Waals surface area contributed by atoms with Gasteiger partial charge in [-0.3, -0.25) is 0 Å². The number of hydrogen-bond donors (Lipinski definition) is 0. The van der Waals surface area contributed by atoms with E-state index < -0.39 is 8.41 Å². The van der Waals surface area contributed by atoms with E-state index in [9.17, 15) is 4.57 Å². The molecule has 0 aliphatic rings. The average molecular weight is 80.1 g/mol. The fraction of sp³-hybridized carbons (Fsp3) is 1.00. The van der Waals surface area contributed by atoms with E-state index in [0.29, 0.717) is 6.16 Å². The molecule has 0 rings (SSSR count). The van der Waals surface area contributed by atoms with Gasteiger partial charge in [-0.25, -0.2) is 0 Å². The quantitative estimate of drug-likeness (QED) is 0.425. The van der Waals surface area contributed by atoms with Crippen molar-refractivity contribution in [2.45, 2.75) is 6.92 Å². The summed E-state index contributed by atoms with van der Waals surface area (Å²) in [5.41, 5.74) is 0. The van der Waals surface area contributed by atoms with Crippen LogP contribution in [0.3, 0.4) is 0 Å². The smallest absolute Gasteiger partial charge is 0.0968 e. The van der Waals surface area contributed by atoms with Gasteiger partial charge in [-0.05, 0) is 6.16 Å². The highest BCUT2D eigenvalue weighted by Gasteiger charge is 1.50. The van der Waals surface area contributed by atoms with Gasteiger partial charge in [0.1, 0.15) is 0 Å². The van der Waals surface area contributed by atoms with Crippen molar-refractivity contribution in [3.63, 3.8) is 0 Å². The Bertz CT molecular complexity index is 44.9. The van der Waals surface area contributed by atoms with Gasteiger partial charge in [0.05, 0.1) is 9.68 Å². The summed E-state index contributed by atoms with van der Waals surface area (Å²) in [6, 6.07) is 0. The van der Waals surface area contributed by atoms with Gasteiger partial charge >= 0.3 is 0 Å². The second-order valence-corrected chi connectivity index (χ2v) is 1.49. The zero-order valence-corrected chi connectivity index (χ0v) is 3.62. The Balaban J connectivity index is 2.85. The second kappa shape index (κ2) is 3.23. The SMILES string of the molecule is [3H][PH](=O)CC. The van der Waals surface area contributed by atoms with Crippen molar-refractivity contribution in [3.8, 4) is 0 Å². The molecular weight excluding hydrogens is 71.0 g/mol. The first-order valence-corrected chi connectivity index (χ1v) is 2.38. The minimum Gasteiger partial charge on any atom is -0.330 e. The summed E-state index contributed by atoms with van der Waals surface area (Å²) in [4.78, 5) is 0. The summed E-state index contributed by atoms with van der Waals surface area (Å²) in [6.07, 6.45) is 0.519. The number of hydrogen-bond acceptors (Lipinski definition) is 1. The van der Waals surface area contributed by atoms with Crippen LogP contribution in [-0.4, -0.2) is 7.44 Å². The molecule has 0 aromatic rings. The van der Waals surface area contributed by atoms with Crippen LogP contribution < -0.4 is 0 Å². The topological polar surface area (TPSA) is 17.1 Å². The molecule has 0 aliphatic carbocycles. The van der Waals surface area contributed by atoms with Crippen LogP contribution >= 0.6 is 8.41 Å². The third kappa shape index (κ3) is 2.23. The lowest BCUT2D eigenvalue weighted by Crippen LogP contribution is -1.39. The molecule has 0 radical (unpaired) electrons. The lowest BCUT2D eigenvalue weighted by Gasteiger charge is -1.53. The Morgan fingerprint density at radius 3 is 2.75 bits per heavy atom. The standard InChI is InChI=1S/C2H7OP/c1-2-4-3/h2,4H2,1H3/i4T. The molecule has 0 aromatic carbocycles. The second-order valence-electron chi connectivity index (χ2n) is 0.498. The van der Waals surface area contributed by atoms with Crippen molar-refractivity contribution >= 4 is 8.41 Å². The van der Waals surface area contributed by atoms with Crippen molar-refractivity contribution < 1.29 is 4.57 Å². The zero-order chi connectivity index (χ0) is 4.28. The van der Waals surface area contributed by atoms with Crippen LogP contribution in [0.4, 0.5) is 0 Å². The molecule has 0 fully saturated rings. The normalized spacial score (nSPS) is 18.8. The van der Waals surface area contributed by atoms with Gasteiger partial charge in [-0.2, -0.15) is 0 Å². The monoisotopic (exact) mass is 80.0 g/mol. The van der Waals surface area contributed by atoms with Crippen LogP contribution in [0.15, 0.2) is 0 Å². The first-order chi connectivity index (χ1) is 2.27. The van der Waals surface area contributed by atoms with Gasteiger partial charge in [0.2, 0.25) is 0 Å². The van der Waals surface area contributed by atoms with Crippen molar-refractivity contribution in [2.24, 2.45) is 0 Å². The maximum absolute atomic E-state index is 9.66. The maximum Gasteiger partial charge on any atom is 0.0968 e. The van der Waals surface area contributed by atoms with E-state index in [0.717, 1.165) is 0 Å². The third-order valence-corrected chi connectivity index (χ3v) is 0.433. The number of rotatable bonds is 1. The van der Waals surface area contributed by atoms with Crippen molar-refractivity contribution in [2.75, 3.05) is 6.16 Å². The van der Waals surface area contributed by atoms with E-state index in [1.54, 1.807) is 6.92 Å². The molecule has 1 unspecified atom stereocenters. The summed E-state index contributed by atoms with van der Waals surface area (Å²) >= 11 is 0. The Kier molecular flexibility index (Phi) is 1.99. The highest BCUT2D eigenvalue weighted by Crippen LogP contribution is 1.82. The van der Waals surface area contributed by atoms with E-state index in [1.807, 2.05) is 0 Å². The van der Waals surface area contributed by atoms with Gasteiger partial charge in [0.25, 0.3) is 0 Å². The van der Waals surface area contributed by atoms with E-state index in [4.69, 9.17) is 1.28 Å². The summed E-state index contributed by atoms with van der Waals surface area (Å²) in [5, 5.41) is 0. The molecule has 1 nitrogen and oxygen atoms in total. The predicted octanol–water partition coefficient (Wildman–Crippen LogP) is 0.763. The fourth-order valence-electron chi connectivity index (χ4n) is 0. The van der Waals surface area contributed by atoms with Crippen LogP contribution in [-0.2, 0) is 4.57 Å². The molecular formula is C2H7OP. The lowest BCUT2D eigenvalue weighted by molar-refractivity contribution is 0.599. The van der Waals surface area contributed by atoms with Crippen LogP contribution in [0.1, 0.15) is 6.92 Å². The summed E-state index contributed by atoms with van der Waals surface area (Å²) in [7, 11) is -1.87. The molecule has 0 heterocycles. The maximum atomic E-state index is 9.66. The van der Waals surface area contributed by atoms with Crippen molar-refractivity contribution in [1.82, 2.24) is 0 Å². The first kappa shape index (κ1) is 2.47. The fourth-order valence-corrected chi connectivity index (χ4v) is 0. The molecule has 1 atom stereocenters. The molecule has 4 heavy (non-hydrogen) atoms. The predicted molar refractivity (Wildman–Crippen MR) is 20.9 cm³/mol. The Morgan fingerprint density at radius 2 is 2.75 bits per heavy atom. The zero-order valence-electron chi connectivity index (χ0n) is 3.62. The van der Waals surface area contributed by atoms with Crippen LogP contribution in [0.5, 0.6) is 0 Å². The van der Waals surface area contributed by atoms with Crippen LogP contribution in [0, 0.1) is 0 Å². The van der Waals surface area contributed by atoms with E-state index in [-0.39, 0.29) is 0 Å². The van der Waals surface area contributed by atoms with Crippen molar-refractivity contribution in [1.29, 1.82) is 1.28 Å². The molecule has 0 spiro atoms. The van der Waals surface area contributed by atoms with Crippen LogP contribution in [0.2, 0.25) is 0 Å². The molecule has 2 heteroatoms. The van der Waals surface area contributed by atoms with Gasteiger partial charge in [0, 0.05) is 0 Å². The Morgan fingerprint density at radius 1 is 2.50 bits per heavy atom. The first-order valence-electron chi connectivity index (χ1n) is 1.76. The molecule has 0 aromatic heterocycles. The molecule has 0 saturated heterocycles. The van der Waals surface area contributed by atoms with E-state index in [1.165, 1.54) is 0 Å². The highest BCUT2D eigenvalue weighted by atomic mass is 31.1. The molecule has 0 saturated carbocycles. The van der Waals surface area contributed by atoms with Crippen LogP contribution in [0.25, 0.3) is 0 Å². The lowest BCUT2D eigenvalue weighted by atomic mass is 11.0.